The minimum atomic E-state index is -0.127. The highest BCUT2D eigenvalue weighted by Gasteiger charge is 2.35. The number of benzene rings is 5. The Bertz CT molecular complexity index is 1980. The number of fused-ring (bicyclic) bond motifs is 3. The van der Waals surface area contributed by atoms with E-state index in [1.54, 1.807) is 0 Å². The third-order valence-electron chi connectivity index (χ3n) is 7.98. The van der Waals surface area contributed by atoms with E-state index in [1.165, 1.54) is 22.3 Å². The Kier molecular flexibility index (Phi) is 5.80. The van der Waals surface area contributed by atoms with Gasteiger partial charge in [-0.3, -0.25) is 0 Å². The van der Waals surface area contributed by atoms with Crippen LogP contribution in [0.15, 0.2) is 121 Å². The maximum Gasteiger partial charge on any atom is 0.164 e. The molecule has 6 aromatic rings. The van der Waals surface area contributed by atoms with Crippen LogP contribution in [0.5, 0.6) is 0 Å². The molecule has 194 valence electrons. The molecule has 0 saturated carbocycles. The van der Waals surface area contributed by atoms with Crippen LogP contribution in [0.3, 0.4) is 0 Å². The molecule has 1 aliphatic carbocycles. The van der Waals surface area contributed by atoms with Crippen LogP contribution in [0.2, 0.25) is 0 Å². The molecular weight excluding hydrogens is 500 g/mol. The lowest BCUT2D eigenvalue weighted by Crippen LogP contribution is -2.15. The Morgan fingerprint density at radius 1 is 0.488 bits per heavy atom. The number of nitriles is 1. The minimum Gasteiger partial charge on any atom is -0.208 e. The van der Waals surface area contributed by atoms with E-state index < -0.39 is 0 Å². The Labute approximate surface area is 239 Å². The quantitative estimate of drug-likeness (QED) is 0.230. The van der Waals surface area contributed by atoms with Gasteiger partial charge in [-0.05, 0) is 51.6 Å². The summed E-state index contributed by atoms with van der Waals surface area (Å²) >= 11 is 0. The van der Waals surface area contributed by atoms with Crippen molar-refractivity contribution in [1.29, 1.82) is 5.26 Å². The number of hydrogen-bond donors (Lipinski definition) is 0. The van der Waals surface area contributed by atoms with Crippen LogP contribution in [0, 0.1) is 11.3 Å². The Hall–Kier alpha value is -5.40. The fraction of sp³-hybridized carbons (Fsp3) is 0.0811. The van der Waals surface area contributed by atoms with Crippen molar-refractivity contribution in [3.05, 3.63) is 138 Å². The summed E-state index contributed by atoms with van der Waals surface area (Å²) in [6.07, 6.45) is 0. The van der Waals surface area contributed by atoms with Gasteiger partial charge in [-0.15, -0.1) is 0 Å². The number of hydrogen-bond acceptors (Lipinski definition) is 4. The Morgan fingerprint density at radius 2 is 1.10 bits per heavy atom. The van der Waals surface area contributed by atoms with Gasteiger partial charge in [0.05, 0.1) is 11.6 Å². The SMILES string of the molecule is CC1(C)c2ccccc2-c2ccc(-c3nc(-c4ccccc4)nc(-c4ccccc4-c4cccc(C#N)c4)n3)cc21. The van der Waals surface area contributed by atoms with E-state index in [0.29, 0.717) is 23.0 Å². The monoisotopic (exact) mass is 526 g/mol. The standard InChI is InChI=1S/C37H26N4/c1-37(2)32-18-9-8-16-29(32)30-20-19-27(22-33(30)37)35-39-34(25-12-4-3-5-13-25)40-36(41-35)31-17-7-6-15-28(31)26-14-10-11-24(21-26)23-38/h3-22H,1-2H3. The van der Waals surface area contributed by atoms with E-state index in [9.17, 15) is 5.26 Å². The molecule has 0 atom stereocenters. The molecule has 0 saturated heterocycles. The van der Waals surface area contributed by atoms with Crippen molar-refractivity contribution in [2.24, 2.45) is 0 Å². The second-order valence-corrected chi connectivity index (χ2v) is 10.8. The molecule has 4 nitrogen and oxygen atoms in total. The van der Waals surface area contributed by atoms with Crippen molar-refractivity contribution >= 4 is 0 Å². The van der Waals surface area contributed by atoms with Crippen LogP contribution >= 0.6 is 0 Å². The van der Waals surface area contributed by atoms with Crippen molar-refractivity contribution in [3.8, 4) is 62.5 Å². The van der Waals surface area contributed by atoms with E-state index in [0.717, 1.165) is 27.8 Å². The maximum absolute atomic E-state index is 9.50. The summed E-state index contributed by atoms with van der Waals surface area (Å²) in [4.78, 5) is 15.0. The zero-order chi connectivity index (χ0) is 28.0. The molecule has 5 aromatic carbocycles. The van der Waals surface area contributed by atoms with Crippen molar-refractivity contribution in [3.63, 3.8) is 0 Å². The molecular formula is C37H26N4. The molecule has 0 fully saturated rings. The van der Waals surface area contributed by atoms with E-state index in [1.807, 2.05) is 78.9 Å². The molecule has 0 amide bonds. The Morgan fingerprint density at radius 3 is 1.88 bits per heavy atom. The molecule has 0 spiro atoms. The van der Waals surface area contributed by atoms with Crippen LogP contribution in [-0.2, 0) is 5.41 Å². The molecule has 1 aliphatic rings. The van der Waals surface area contributed by atoms with E-state index in [-0.39, 0.29) is 5.41 Å². The van der Waals surface area contributed by atoms with Crippen LogP contribution in [0.1, 0.15) is 30.5 Å². The Balaban J connectivity index is 1.43. The van der Waals surface area contributed by atoms with Gasteiger partial charge >= 0.3 is 0 Å². The first-order valence-corrected chi connectivity index (χ1v) is 13.7. The van der Waals surface area contributed by atoms with Crippen molar-refractivity contribution < 1.29 is 0 Å². The maximum atomic E-state index is 9.50. The summed E-state index contributed by atoms with van der Waals surface area (Å²) in [7, 11) is 0. The first kappa shape index (κ1) is 24.6. The smallest absolute Gasteiger partial charge is 0.164 e. The predicted octanol–water partition coefficient (Wildman–Crippen LogP) is 8.72. The first-order valence-electron chi connectivity index (χ1n) is 13.7. The number of rotatable bonds is 4. The van der Waals surface area contributed by atoms with Gasteiger partial charge in [0.2, 0.25) is 0 Å². The lowest BCUT2D eigenvalue weighted by molar-refractivity contribution is 0.660. The van der Waals surface area contributed by atoms with E-state index in [4.69, 9.17) is 15.0 Å². The summed E-state index contributed by atoms with van der Waals surface area (Å²) < 4.78 is 0. The van der Waals surface area contributed by atoms with E-state index >= 15 is 0 Å². The summed E-state index contributed by atoms with van der Waals surface area (Å²) in [5.41, 5.74) is 10.3. The van der Waals surface area contributed by atoms with Gasteiger partial charge in [0, 0.05) is 22.1 Å². The second kappa shape index (κ2) is 9.66. The van der Waals surface area contributed by atoms with Gasteiger partial charge in [0.1, 0.15) is 0 Å². The van der Waals surface area contributed by atoms with Gasteiger partial charge in [-0.2, -0.15) is 5.26 Å². The molecule has 4 heteroatoms. The van der Waals surface area contributed by atoms with Crippen LogP contribution < -0.4 is 0 Å². The summed E-state index contributed by atoms with van der Waals surface area (Å²) in [5.74, 6) is 1.84. The average molecular weight is 527 g/mol. The molecule has 1 aromatic heterocycles. The fourth-order valence-electron chi connectivity index (χ4n) is 5.87. The third-order valence-corrected chi connectivity index (χ3v) is 7.98. The van der Waals surface area contributed by atoms with Crippen molar-refractivity contribution in [2.45, 2.75) is 19.3 Å². The summed E-state index contributed by atoms with van der Waals surface area (Å²) in [5, 5.41) is 9.50. The van der Waals surface area contributed by atoms with Crippen LogP contribution in [-0.4, -0.2) is 15.0 Å². The van der Waals surface area contributed by atoms with Crippen molar-refractivity contribution in [1.82, 2.24) is 15.0 Å². The molecule has 41 heavy (non-hydrogen) atoms. The molecule has 0 radical (unpaired) electrons. The molecule has 7 rings (SSSR count). The molecule has 0 unspecified atom stereocenters. The highest BCUT2D eigenvalue weighted by molar-refractivity contribution is 5.84. The summed E-state index contributed by atoms with van der Waals surface area (Å²) in [6, 6.07) is 43.2. The first-order chi connectivity index (χ1) is 20.0. The zero-order valence-electron chi connectivity index (χ0n) is 22.8. The van der Waals surface area contributed by atoms with Gasteiger partial charge < -0.3 is 0 Å². The molecule has 1 heterocycles. The van der Waals surface area contributed by atoms with Gasteiger partial charge in [-0.1, -0.05) is 117 Å². The normalized spacial score (nSPS) is 12.8. The van der Waals surface area contributed by atoms with Gasteiger partial charge in [0.25, 0.3) is 0 Å². The summed E-state index contributed by atoms with van der Waals surface area (Å²) in [6.45, 7) is 4.56. The van der Waals surface area contributed by atoms with Crippen LogP contribution in [0.25, 0.3) is 56.4 Å². The highest BCUT2D eigenvalue weighted by Crippen LogP contribution is 2.49. The third kappa shape index (κ3) is 4.20. The van der Waals surface area contributed by atoms with Crippen molar-refractivity contribution in [2.75, 3.05) is 0 Å². The van der Waals surface area contributed by atoms with Crippen LogP contribution in [0.4, 0.5) is 0 Å². The largest absolute Gasteiger partial charge is 0.208 e. The molecule has 0 N–H and O–H groups in total. The minimum absolute atomic E-state index is 0.127. The van der Waals surface area contributed by atoms with Gasteiger partial charge in [-0.25, -0.2) is 15.0 Å². The zero-order valence-corrected chi connectivity index (χ0v) is 22.8. The molecule has 0 bridgehead atoms. The average Bonchev–Trinajstić information content (AvgIpc) is 3.27. The highest BCUT2D eigenvalue weighted by atomic mass is 15.0. The topological polar surface area (TPSA) is 62.5 Å². The number of nitrogens with zero attached hydrogens (tertiary/aromatic N) is 4. The van der Waals surface area contributed by atoms with E-state index in [2.05, 4.69) is 62.4 Å². The number of aromatic nitrogens is 3. The lowest BCUT2D eigenvalue weighted by atomic mass is 9.82. The second-order valence-electron chi connectivity index (χ2n) is 10.8. The van der Waals surface area contributed by atoms with Gasteiger partial charge in [0.15, 0.2) is 17.5 Å². The lowest BCUT2D eigenvalue weighted by Gasteiger charge is -2.21. The molecule has 0 aliphatic heterocycles. The predicted molar refractivity (Wildman–Crippen MR) is 164 cm³/mol. The fourth-order valence-corrected chi connectivity index (χ4v) is 5.87.